The van der Waals surface area contributed by atoms with Crippen molar-refractivity contribution < 1.29 is 24.2 Å². The maximum atomic E-state index is 14.5. The van der Waals surface area contributed by atoms with Crippen LogP contribution in [-0.4, -0.2) is 22.8 Å². The average Bonchev–Trinajstić information content (AvgIpc) is 2.84. The fourth-order valence-corrected chi connectivity index (χ4v) is 11.0. The summed E-state index contributed by atoms with van der Waals surface area (Å²) in [5.41, 5.74) is -0.993. The maximum Gasteiger partial charge on any atom is 0.309 e. The second-order valence-corrected chi connectivity index (χ2v) is 15.9. The number of allylic oxidation sites excluding steroid dienone is 4. The summed E-state index contributed by atoms with van der Waals surface area (Å²) in [4.78, 5) is 39.6. The van der Waals surface area contributed by atoms with Crippen LogP contribution in [0, 0.1) is 67.5 Å². The summed E-state index contributed by atoms with van der Waals surface area (Å²) in [6.07, 6.45) is 6.87. The van der Waals surface area contributed by atoms with Crippen molar-refractivity contribution >= 4 is 17.7 Å². The molecule has 0 amide bonds. The third kappa shape index (κ3) is 3.42. The van der Waals surface area contributed by atoms with Crippen molar-refractivity contribution in [1.82, 2.24) is 0 Å². The molecule has 0 bridgehead atoms. The van der Waals surface area contributed by atoms with Gasteiger partial charge in [0.05, 0.1) is 17.1 Å². The monoisotopic (exact) mass is 549 g/mol. The number of esters is 1. The lowest BCUT2D eigenvalue weighted by atomic mass is 9.33. The van der Waals surface area contributed by atoms with Crippen LogP contribution in [0.2, 0.25) is 0 Å². The number of hydrogen-bond donors (Lipinski definition) is 1. The smallest absolute Gasteiger partial charge is 0.309 e. The van der Waals surface area contributed by atoms with Gasteiger partial charge in [-0.1, -0.05) is 61.0 Å². The van der Waals surface area contributed by atoms with Gasteiger partial charge in [0, 0.05) is 18.3 Å². The Morgan fingerprint density at radius 2 is 1.65 bits per heavy atom. The van der Waals surface area contributed by atoms with Crippen molar-refractivity contribution in [3.63, 3.8) is 0 Å². The fourth-order valence-electron chi connectivity index (χ4n) is 11.0. The summed E-state index contributed by atoms with van der Waals surface area (Å²) >= 11 is 0. The molecule has 0 aromatic carbocycles. The SMILES string of the molecule is CC(=O)OC1=C(C#N)C[C@]2(C)C3=CC(=O)[C@@H]4[C@@H]5C(C)C(C)(C)CC[C@]5(C(=O)O)CC[C@@]4(C)[C@]3(C)CC[C@H]2C1(C)C. The minimum Gasteiger partial charge on any atom is -0.481 e. The van der Waals surface area contributed by atoms with Crippen LogP contribution < -0.4 is 0 Å². The topological polar surface area (TPSA) is 104 Å². The van der Waals surface area contributed by atoms with Crippen LogP contribution in [0.1, 0.15) is 107 Å². The van der Waals surface area contributed by atoms with Crippen LogP contribution in [0.25, 0.3) is 0 Å². The molecular formula is C34H47NO5. The second-order valence-electron chi connectivity index (χ2n) is 15.9. The number of carbonyl (C=O) groups excluding carboxylic acids is 2. The number of carboxylic acids is 1. The predicted octanol–water partition coefficient (Wildman–Crippen LogP) is 7.25. The van der Waals surface area contributed by atoms with E-state index >= 15 is 0 Å². The van der Waals surface area contributed by atoms with E-state index in [4.69, 9.17) is 4.74 Å². The molecule has 0 aromatic rings. The highest BCUT2D eigenvalue weighted by Crippen LogP contribution is 2.76. The van der Waals surface area contributed by atoms with Crippen LogP contribution in [0.4, 0.5) is 0 Å². The fraction of sp³-hybridized carbons (Fsp3) is 0.765. The summed E-state index contributed by atoms with van der Waals surface area (Å²) < 4.78 is 5.69. The summed E-state index contributed by atoms with van der Waals surface area (Å²) in [6, 6.07) is 2.35. The van der Waals surface area contributed by atoms with Crippen LogP contribution in [0.3, 0.4) is 0 Å². The zero-order valence-electron chi connectivity index (χ0n) is 25.9. The Balaban J connectivity index is 1.69. The third-order valence-electron chi connectivity index (χ3n) is 13.6. The summed E-state index contributed by atoms with van der Waals surface area (Å²) in [5.74, 6) is -0.979. The third-order valence-corrected chi connectivity index (χ3v) is 13.6. The number of nitrogens with zero attached hydrogens (tertiary/aromatic N) is 1. The van der Waals surface area contributed by atoms with Crippen LogP contribution in [0.15, 0.2) is 23.0 Å². The summed E-state index contributed by atoms with van der Waals surface area (Å²) in [6.45, 7) is 19.0. The molecule has 40 heavy (non-hydrogen) atoms. The molecule has 6 heteroatoms. The number of carboxylic acid groups (broad SMARTS) is 1. The lowest BCUT2D eigenvalue weighted by Gasteiger charge is -2.70. The second kappa shape index (κ2) is 8.55. The molecule has 0 saturated heterocycles. The van der Waals surface area contributed by atoms with Gasteiger partial charge in [0.25, 0.3) is 0 Å². The van der Waals surface area contributed by atoms with Gasteiger partial charge in [0.2, 0.25) is 0 Å². The number of rotatable bonds is 2. The predicted molar refractivity (Wildman–Crippen MR) is 151 cm³/mol. The molecule has 8 atom stereocenters. The number of carbonyl (C=O) groups is 3. The Hall–Kier alpha value is -2.42. The molecule has 218 valence electrons. The Labute approximate surface area is 239 Å². The Morgan fingerprint density at radius 3 is 2.23 bits per heavy atom. The van der Waals surface area contributed by atoms with Crippen LogP contribution >= 0.6 is 0 Å². The van der Waals surface area contributed by atoms with Crippen molar-refractivity contribution in [3.05, 3.63) is 23.0 Å². The largest absolute Gasteiger partial charge is 0.481 e. The molecule has 0 aliphatic heterocycles. The Bertz CT molecular complexity index is 1300. The van der Waals surface area contributed by atoms with Gasteiger partial charge < -0.3 is 9.84 Å². The Morgan fingerprint density at radius 1 is 1.02 bits per heavy atom. The molecule has 1 unspecified atom stereocenters. The lowest BCUT2D eigenvalue weighted by Crippen LogP contribution is -2.67. The molecular weight excluding hydrogens is 502 g/mol. The first-order valence-corrected chi connectivity index (χ1v) is 15.2. The first-order valence-electron chi connectivity index (χ1n) is 15.2. The minimum absolute atomic E-state index is 0.0380. The van der Waals surface area contributed by atoms with E-state index in [1.165, 1.54) is 6.92 Å². The first kappa shape index (κ1) is 29.1. The molecule has 3 saturated carbocycles. The van der Waals surface area contributed by atoms with Crippen molar-refractivity contribution in [3.8, 4) is 6.07 Å². The quantitative estimate of drug-likeness (QED) is 0.364. The standard InChI is InChI=1S/C34H47NO5/c1-19-25-26-22(37)16-24-31(7)17-21(18-35)27(40-20(2)36)30(5,6)23(31)10-11-32(24,8)33(26,9)13-15-34(25,28(38)39)14-12-29(19,3)4/h16,19,23,25-26H,10-15,17H2,1-9H3,(H,38,39)/t19?,23-,25-,26+,31-,32+,33+,34-/m0/s1. The van der Waals surface area contributed by atoms with Gasteiger partial charge in [-0.3, -0.25) is 14.4 Å². The van der Waals surface area contributed by atoms with Crippen molar-refractivity contribution in [2.45, 2.75) is 107 Å². The number of aliphatic carboxylic acids is 1. The molecule has 5 aliphatic rings. The number of ether oxygens (including phenoxy) is 1. The van der Waals surface area contributed by atoms with Gasteiger partial charge in [-0.15, -0.1) is 0 Å². The van der Waals surface area contributed by atoms with Crippen molar-refractivity contribution in [2.24, 2.45) is 56.2 Å². The lowest BCUT2D eigenvalue weighted by molar-refractivity contribution is -0.200. The summed E-state index contributed by atoms with van der Waals surface area (Å²) in [7, 11) is 0. The van der Waals surface area contributed by atoms with E-state index in [1.807, 2.05) is 6.08 Å². The average molecular weight is 550 g/mol. The molecule has 6 nitrogen and oxygen atoms in total. The highest BCUT2D eigenvalue weighted by atomic mass is 16.5. The zero-order valence-corrected chi connectivity index (χ0v) is 25.9. The molecule has 0 spiro atoms. The van der Waals surface area contributed by atoms with Gasteiger partial charge in [0.1, 0.15) is 5.76 Å². The summed E-state index contributed by atoms with van der Waals surface area (Å²) in [5, 5.41) is 20.9. The van der Waals surface area contributed by atoms with Crippen LogP contribution in [0.5, 0.6) is 0 Å². The van der Waals surface area contributed by atoms with Crippen molar-refractivity contribution in [1.29, 1.82) is 5.26 Å². The zero-order chi connectivity index (χ0) is 29.8. The molecule has 0 heterocycles. The van der Waals surface area contributed by atoms with Crippen molar-refractivity contribution in [2.75, 3.05) is 0 Å². The molecule has 0 radical (unpaired) electrons. The molecule has 3 fully saturated rings. The molecule has 5 rings (SSSR count). The first-order chi connectivity index (χ1) is 18.3. The minimum atomic E-state index is -0.861. The number of hydrogen-bond acceptors (Lipinski definition) is 5. The molecule has 1 N–H and O–H groups in total. The number of fused-ring (bicyclic) bond motifs is 7. The highest BCUT2D eigenvalue weighted by Gasteiger charge is 2.72. The van der Waals surface area contributed by atoms with Gasteiger partial charge in [-0.2, -0.15) is 5.26 Å². The van der Waals surface area contributed by atoms with E-state index in [-0.39, 0.29) is 45.7 Å². The van der Waals surface area contributed by atoms with E-state index in [0.29, 0.717) is 37.0 Å². The highest BCUT2D eigenvalue weighted by molar-refractivity contribution is 5.96. The maximum absolute atomic E-state index is 14.5. The Kier molecular flexibility index (Phi) is 6.22. The molecule has 5 aliphatic carbocycles. The van der Waals surface area contributed by atoms with Gasteiger partial charge in [-0.05, 0) is 90.4 Å². The van der Waals surface area contributed by atoms with E-state index in [1.54, 1.807) is 0 Å². The molecule has 0 aromatic heterocycles. The normalized spacial score (nSPS) is 45.1. The van der Waals surface area contributed by atoms with E-state index in [9.17, 15) is 24.8 Å². The number of nitriles is 1. The van der Waals surface area contributed by atoms with Gasteiger partial charge in [0.15, 0.2) is 5.78 Å². The number of ketones is 1. The van der Waals surface area contributed by atoms with E-state index in [2.05, 4.69) is 61.5 Å². The van der Waals surface area contributed by atoms with E-state index in [0.717, 1.165) is 24.8 Å². The van der Waals surface area contributed by atoms with Gasteiger partial charge in [-0.25, -0.2) is 0 Å². The van der Waals surface area contributed by atoms with Crippen LogP contribution in [-0.2, 0) is 19.1 Å². The van der Waals surface area contributed by atoms with E-state index < -0.39 is 28.2 Å². The van der Waals surface area contributed by atoms with Gasteiger partial charge >= 0.3 is 11.9 Å².